The van der Waals surface area contributed by atoms with Gasteiger partial charge in [0.2, 0.25) is 0 Å². The predicted octanol–water partition coefficient (Wildman–Crippen LogP) is 3.47. The molecule has 0 fully saturated rings. The fourth-order valence-electron chi connectivity index (χ4n) is 0.911. The highest BCUT2D eigenvalue weighted by atomic mass is 19.4. The molecular weight excluding hydrogens is 191 g/mol. The monoisotopic (exact) mass is 200 g/mol. The van der Waals surface area contributed by atoms with Crippen LogP contribution >= 0.6 is 0 Å². The quantitative estimate of drug-likeness (QED) is 0.770. The highest BCUT2D eigenvalue weighted by Gasteiger charge is 2.29. The Balaban J connectivity index is 2.79. The Morgan fingerprint density at radius 3 is 2.14 bits per heavy atom. The predicted molar refractivity (Wildman–Crippen MR) is 49.6 cm³/mol. The number of benzene rings is 1. The van der Waals surface area contributed by atoms with Gasteiger partial charge in [-0.2, -0.15) is 13.2 Å². The summed E-state index contributed by atoms with van der Waals surface area (Å²) in [5.74, 6) is 0. The molecule has 0 heterocycles. The van der Waals surface area contributed by atoms with Crippen LogP contribution in [0.4, 0.5) is 18.9 Å². The molecule has 1 nitrogen and oxygen atoms in total. The number of rotatable bonds is 2. The summed E-state index contributed by atoms with van der Waals surface area (Å²) in [6.45, 7) is 3.43. The number of hydrogen-bond acceptors (Lipinski definition) is 1. The topological polar surface area (TPSA) is 12.0 Å². The largest absolute Gasteiger partial charge is 0.416 e. The van der Waals surface area contributed by atoms with E-state index in [-0.39, 0.29) is 0 Å². The lowest BCUT2D eigenvalue weighted by Crippen LogP contribution is -2.04. The van der Waals surface area contributed by atoms with Crippen LogP contribution in [-0.4, -0.2) is 0 Å². The number of halogens is 3. The molecule has 1 rings (SSSR count). The van der Waals surface area contributed by atoms with E-state index in [4.69, 9.17) is 0 Å². The summed E-state index contributed by atoms with van der Waals surface area (Å²) in [7, 11) is 0. The molecule has 0 aliphatic carbocycles. The maximum atomic E-state index is 12.1. The molecule has 0 aliphatic heterocycles. The molecule has 1 N–H and O–H groups in total. The molecule has 0 atom stereocenters. The Labute approximate surface area is 80.2 Å². The van der Waals surface area contributed by atoms with Gasteiger partial charge >= 0.3 is 6.18 Å². The van der Waals surface area contributed by atoms with Crippen LogP contribution < -0.4 is 5.32 Å². The molecule has 0 bridgehead atoms. The van der Waals surface area contributed by atoms with E-state index >= 15 is 0 Å². The molecular formula is C10H9F3N. The summed E-state index contributed by atoms with van der Waals surface area (Å²) in [6.07, 6.45) is -1.22. The smallest absolute Gasteiger partial charge is 0.362 e. The van der Waals surface area contributed by atoms with Crippen LogP contribution in [0.3, 0.4) is 0 Å². The van der Waals surface area contributed by atoms with E-state index < -0.39 is 11.7 Å². The lowest BCUT2D eigenvalue weighted by molar-refractivity contribution is -0.137. The van der Waals surface area contributed by atoms with Gasteiger partial charge < -0.3 is 5.32 Å². The molecule has 1 radical (unpaired) electrons. The van der Waals surface area contributed by atoms with Crippen LogP contribution in [0.25, 0.3) is 0 Å². The first kappa shape index (κ1) is 10.6. The van der Waals surface area contributed by atoms with Crippen molar-refractivity contribution in [2.24, 2.45) is 0 Å². The van der Waals surface area contributed by atoms with Crippen LogP contribution in [0, 0.1) is 6.92 Å². The summed E-state index contributed by atoms with van der Waals surface area (Å²) >= 11 is 0. The van der Waals surface area contributed by atoms with E-state index in [1.807, 2.05) is 0 Å². The summed E-state index contributed by atoms with van der Waals surface area (Å²) < 4.78 is 36.4. The number of hydrogen-bond donors (Lipinski definition) is 1. The summed E-state index contributed by atoms with van der Waals surface area (Å²) in [5, 5.41) is 2.76. The van der Waals surface area contributed by atoms with Crippen molar-refractivity contribution < 1.29 is 13.2 Å². The first-order chi connectivity index (χ1) is 6.54. The first-order valence-electron chi connectivity index (χ1n) is 3.92. The normalized spacial score (nSPS) is 12.0. The van der Waals surface area contributed by atoms with Crippen molar-refractivity contribution in [2.45, 2.75) is 6.18 Å². The zero-order chi connectivity index (χ0) is 10.6. The van der Waals surface area contributed by atoms with Gasteiger partial charge in [-0.3, -0.25) is 0 Å². The molecule has 75 valence electrons. The fraction of sp³-hybridized carbons (Fsp3) is 0.100. The molecule has 1 aromatic carbocycles. The Morgan fingerprint density at radius 2 is 1.71 bits per heavy atom. The van der Waals surface area contributed by atoms with Crippen LogP contribution in [0.5, 0.6) is 0 Å². The molecule has 1 aromatic rings. The number of alkyl halides is 3. The maximum absolute atomic E-state index is 12.1. The second kappa shape index (κ2) is 4.17. The maximum Gasteiger partial charge on any atom is 0.416 e. The molecule has 4 heteroatoms. The van der Waals surface area contributed by atoms with Crippen molar-refractivity contribution in [1.82, 2.24) is 0 Å². The molecule has 0 aliphatic rings. The zero-order valence-corrected chi connectivity index (χ0v) is 7.31. The fourth-order valence-corrected chi connectivity index (χ4v) is 0.911. The number of nitrogens with one attached hydrogen (secondary N) is 1. The minimum atomic E-state index is -4.28. The molecule has 0 aromatic heterocycles. The van der Waals surface area contributed by atoms with Gasteiger partial charge in [-0.15, -0.1) is 0 Å². The third kappa shape index (κ3) is 2.80. The Kier molecular flexibility index (Phi) is 3.17. The summed E-state index contributed by atoms with van der Waals surface area (Å²) in [4.78, 5) is 0. The van der Waals surface area contributed by atoms with E-state index in [1.165, 1.54) is 18.2 Å². The van der Waals surface area contributed by atoms with E-state index in [2.05, 4.69) is 12.2 Å². The minimum Gasteiger partial charge on any atom is -0.362 e. The lowest BCUT2D eigenvalue weighted by Gasteiger charge is -2.07. The standard InChI is InChI=1S/C10H9F3N/c1-2-7-14-9-5-3-8(4-6-9)10(11,12)13/h2-7,14H,1H2/b7-2+. The average Bonchev–Trinajstić information content (AvgIpc) is 2.14. The second-order valence-corrected chi connectivity index (χ2v) is 2.62. The Morgan fingerprint density at radius 1 is 1.14 bits per heavy atom. The van der Waals surface area contributed by atoms with Gasteiger partial charge in [-0.05, 0) is 37.4 Å². The second-order valence-electron chi connectivity index (χ2n) is 2.62. The SMILES string of the molecule is [CH2]/C=C/Nc1ccc(C(F)(F)F)cc1. The van der Waals surface area contributed by atoms with Gasteiger partial charge in [-0.25, -0.2) is 0 Å². The molecule has 14 heavy (non-hydrogen) atoms. The van der Waals surface area contributed by atoms with Crippen molar-refractivity contribution >= 4 is 5.69 Å². The van der Waals surface area contributed by atoms with Gasteiger partial charge in [0.1, 0.15) is 0 Å². The molecule has 0 unspecified atom stereocenters. The van der Waals surface area contributed by atoms with E-state index in [1.54, 1.807) is 6.20 Å². The third-order valence-corrected chi connectivity index (χ3v) is 1.58. The van der Waals surface area contributed by atoms with Crippen LogP contribution in [0.1, 0.15) is 5.56 Å². The Bertz CT molecular complexity index is 311. The summed E-state index contributed by atoms with van der Waals surface area (Å²) in [5.41, 5.74) is -0.0560. The van der Waals surface area contributed by atoms with Crippen molar-refractivity contribution in [2.75, 3.05) is 5.32 Å². The van der Waals surface area contributed by atoms with Crippen molar-refractivity contribution in [3.63, 3.8) is 0 Å². The van der Waals surface area contributed by atoms with Crippen LogP contribution in [-0.2, 0) is 6.18 Å². The number of anilines is 1. The van der Waals surface area contributed by atoms with Gasteiger partial charge in [0.05, 0.1) is 5.56 Å². The molecule has 0 saturated carbocycles. The number of allylic oxidation sites excluding steroid dienone is 1. The van der Waals surface area contributed by atoms with Crippen molar-refractivity contribution in [3.05, 3.63) is 49.0 Å². The average molecular weight is 200 g/mol. The van der Waals surface area contributed by atoms with Gasteiger partial charge in [0.15, 0.2) is 0 Å². The Hall–Kier alpha value is -1.45. The molecule has 0 amide bonds. The summed E-state index contributed by atoms with van der Waals surface area (Å²) in [6, 6.07) is 4.78. The van der Waals surface area contributed by atoms with Crippen LogP contribution in [0.15, 0.2) is 36.5 Å². The molecule has 0 saturated heterocycles. The molecule has 0 spiro atoms. The zero-order valence-electron chi connectivity index (χ0n) is 7.31. The minimum absolute atomic E-state index is 0.595. The first-order valence-corrected chi connectivity index (χ1v) is 3.92. The van der Waals surface area contributed by atoms with Crippen molar-refractivity contribution in [3.8, 4) is 0 Å². The highest BCUT2D eigenvalue weighted by molar-refractivity contribution is 5.47. The van der Waals surface area contributed by atoms with E-state index in [0.29, 0.717) is 5.69 Å². The van der Waals surface area contributed by atoms with E-state index in [9.17, 15) is 13.2 Å². The van der Waals surface area contributed by atoms with Gasteiger partial charge in [0, 0.05) is 5.69 Å². The van der Waals surface area contributed by atoms with Crippen molar-refractivity contribution in [1.29, 1.82) is 0 Å². The van der Waals surface area contributed by atoms with Gasteiger partial charge in [-0.1, -0.05) is 6.08 Å². The van der Waals surface area contributed by atoms with Gasteiger partial charge in [0.25, 0.3) is 0 Å². The van der Waals surface area contributed by atoms with Crippen LogP contribution in [0.2, 0.25) is 0 Å². The highest BCUT2D eigenvalue weighted by Crippen LogP contribution is 2.29. The lowest BCUT2D eigenvalue weighted by atomic mass is 10.2. The third-order valence-electron chi connectivity index (χ3n) is 1.58. The van der Waals surface area contributed by atoms with E-state index in [0.717, 1.165) is 12.1 Å².